The van der Waals surface area contributed by atoms with Crippen LogP contribution in [-0.4, -0.2) is 33.6 Å². The Bertz CT molecular complexity index is 637. The highest BCUT2D eigenvalue weighted by atomic mass is 127. The van der Waals surface area contributed by atoms with Crippen molar-refractivity contribution in [3.05, 3.63) is 34.3 Å². The minimum atomic E-state index is 0. The number of guanidine groups is 1. The Hall–Kier alpha value is -1.16. The molecule has 0 amide bonds. The van der Waals surface area contributed by atoms with Gasteiger partial charge in [-0.3, -0.25) is 0 Å². The summed E-state index contributed by atoms with van der Waals surface area (Å²) in [5.41, 5.74) is 0. The number of aliphatic imine (C=N–C) groups is 1. The molecule has 0 fully saturated rings. The van der Waals surface area contributed by atoms with E-state index in [-0.39, 0.29) is 24.0 Å². The number of halogens is 1. The summed E-state index contributed by atoms with van der Waals surface area (Å²) in [6.07, 6.45) is 9.10. The molecule has 0 bridgehead atoms. The van der Waals surface area contributed by atoms with Crippen molar-refractivity contribution in [1.29, 1.82) is 0 Å². The second kappa shape index (κ2) is 12.2. The van der Waals surface area contributed by atoms with Gasteiger partial charge >= 0.3 is 0 Å². The van der Waals surface area contributed by atoms with Gasteiger partial charge in [0, 0.05) is 43.1 Å². The van der Waals surface area contributed by atoms with Crippen LogP contribution in [0.1, 0.15) is 42.4 Å². The van der Waals surface area contributed by atoms with Gasteiger partial charge in [0.1, 0.15) is 10.8 Å². The molecule has 0 aliphatic heterocycles. The van der Waals surface area contributed by atoms with Gasteiger partial charge in [-0.05, 0) is 33.1 Å². The third-order valence-electron chi connectivity index (χ3n) is 3.71. The molecule has 2 rings (SSSR count). The van der Waals surface area contributed by atoms with E-state index in [1.807, 2.05) is 25.5 Å². The van der Waals surface area contributed by atoms with Crippen molar-refractivity contribution in [3.8, 4) is 0 Å². The summed E-state index contributed by atoms with van der Waals surface area (Å²) in [4.78, 5) is 14.6. The summed E-state index contributed by atoms with van der Waals surface area (Å²) in [6.45, 7) is 9.69. The van der Waals surface area contributed by atoms with Crippen molar-refractivity contribution < 1.29 is 0 Å². The molecule has 0 spiro atoms. The van der Waals surface area contributed by atoms with Gasteiger partial charge in [-0.2, -0.15) is 0 Å². The van der Waals surface area contributed by atoms with E-state index in [0.717, 1.165) is 55.7 Å². The maximum Gasteiger partial charge on any atom is 0.191 e. The first-order valence-electron chi connectivity index (χ1n) is 8.66. The number of unbranched alkanes of at least 4 members (excludes halogenated alkanes) is 1. The average Bonchev–Trinajstić information content (AvgIpc) is 3.21. The maximum atomic E-state index is 4.62. The van der Waals surface area contributed by atoms with Crippen molar-refractivity contribution in [2.45, 2.75) is 53.1 Å². The molecule has 0 aliphatic rings. The van der Waals surface area contributed by atoms with E-state index >= 15 is 0 Å². The summed E-state index contributed by atoms with van der Waals surface area (Å²) in [5, 5.41) is 7.75. The van der Waals surface area contributed by atoms with Crippen molar-refractivity contribution in [2.24, 2.45) is 4.99 Å². The third kappa shape index (κ3) is 7.72. The molecule has 140 valence electrons. The zero-order valence-corrected chi connectivity index (χ0v) is 18.4. The molecular weight excluding hydrogens is 447 g/mol. The van der Waals surface area contributed by atoms with E-state index in [1.54, 1.807) is 11.3 Å². The molecule has 2 aromatic rings. The molecule has 0 aromatic carbocycles. The topological polar surface area (TPSA) is 67.1 Å². The Morgan fingerprint density at radius 2 is 2.08 bits per heavy atom. The fourth-order valence-corrected chi connectivity index (χ4v) is 3.11. The normalized spacial score (nSPS) is 11.2. The number of hydrogen-bond acceptors (Lipinski definition) is 4. The first kappa shape index (κ1) is 21.9. The lowest BCUT2D eigenvalue weighted by Crippen LogP contribution is -2.37. The van der Waals surface area contributed by atoms with Crippen LogP contribution in [0.2, 0.25) is 0 Å². The number of aromatic nitrogens is 3. The molecule has 0 saturated carbocycles. The maximum absolute atomic E-state index is 4.62. The van der Waals surface area contributed by atoms with E-state index in [1.165, 1.54) is 4.88 Å². The van der Waals surface area contributed by atoms with Crippen molar-refractivity contribution in [1.82, 2.24) is 25.2 Å². The number of aryl methyl sites for hydroxylation is 3. The van der Waals surface area contributed by atoms with Crippen molar-refractivity contribution >= 4 is 41.3 Å². The van der Waals surface area contributed by atoms with Crippen molar-refractivity contribution in [2.75, 3.05) is 13.1 Å². The van der Waals surface area contributed by atoms with Gasteiger partial charge in [-0.1, -0.05) is 6.92 Å². The molecule has 0 radical (unpaired) electrons. The number of thiazole rings is 1. The molecule has 0 saturated heterocycles. The number of imidazole rings is 1. The molecule has 0 unspecified atom stereocenters. The Balaban J connectivity index is 0.00000312. The average molecular weight is 476 g/mol. The first-order chi connectivity index (χ1) is 11.7. The van der Waals surface area contributed by atoms with E-state index < -0.39 is 0 Å². The number of nitrogens with zero attached hydrogens (tertiary/aromatic N) is 4. The van der Waals surface area contributed by atoms with E-state index in [2.05, 4.69) is 44.0 Å². The lowest BCUT2D eigenvalue weighted by atomic mass is 10.3. The molecule has 2 aromatic heterocycles. The Morgan fingerprint density at radius 1 is 1.24 bits per heavy atom. The summed E-state index contributed by atoms with van der Waals surface area (Å²) in [5.74, 6) is 1.94. The van der Waals surface area contributed by atoms with Crippen LogP contribution < -0.4 is 10.6 Å². The summed E-state index contributed by atoms with van der Waals surface area (Å²) in [6, 6.07) is 0. The smallest absolute Gasteiger partial charge is 0.191 e. The van der Waals surface area contributed by atoms with E-state index in [9.17, 15) is 0 Å². The van der Waals surface area contributed by atoms with Gasteiger partial charge in [0.05, 0.1) is 6.54 Å². The van der Waals surface area contributed by atoms with Crippen LogP contribution in [0, 0.1) is 6.92 Å². The quantitative estimate of drug-likeness (QED) is 0.252. The fourth-order valence-electron chi connectivity index (χ4n) is 2.33. The van der Waals surface area contributed by atoms with E-state index in [4.69, 9.17) is 0 Å². The zero-order chi connectivity index (χ0) is 17.2. The predicted molar refractivity (Wildman–Crippen MR) is 116 cm³/mol. The SMILES string of the molecule is CCNC(=NCc1ncc(CC)s1)NCCCCn1ccnc1C.I. The molecular formula is C17H29IN6S. The summed E-state index contributed by atoms with van der Waals surface area (Å²) in [7, 11) is 0. The van der Waals surface area contributed by atoms with Crippen LogP contribution in [0.15, 0.2) is 23.6 Å². The predicted octanol–water partition coefficient (Wildman–Crippen LogP) is 3.36. The molecule has 25 heavy (non-hydrogen) atoms. The highest BCUT2D eigenvalue weighted by Gasteiger charge is 2.02. The molecule has 0 atom stereocenters. The highest BCUT2D eigenvalue weighted by molar-refractivity contribution is 14.0. The highest BCUT2D eigenvalue weighted by Crippen LogP contribution is 2.13. The second-order valence-corrected chi connectivity index (χ2v) is 6.77. The minimum absolute atomic E-state index is 0. The Labute approximate surface area is 171 Å². The van der Waals surface area contributed by atoms with Gasteiger partial charge in [0.25, 0.3) is 0 Å². The largest absolute Gasteiger partial charge is 0.357 e. The van der Waals surface area contributed by atoms with Crippen LogP contribution in [0.4, 0.5) is 0 Å². The van der Waals surface area contributed by atoms with E-state index in [0.29, 0.717) is 6.54 Å². The van der Waals surface area contributed by atoms with Crippen LogP contribution in [0.25, 0.3) is 0 Å². The molecule has 6 nitrogen and oxygen atoms in total. The lowest BCUT2D eigenvalue weighted by molar-refractivity contribution is 0.588. The van der Waals surface area contributed by atoms with Crippen LogP contribution in [0.5, 0.6) is 0 Å². The number of nitrogens with one attached hydrogen (secondary N) is 2. The number of rotatable bonds is 9. The van der Waals surface area contributed by atoms with Crippen LogP contribution >= 0.6 is 35.3 Å². The minimum Gasteiger partial charge on any atom is -0.357 e. The van der Waals surface area contributed by atoms with Gasteiger partial charge < -0.3 is 15.2 Å². The van der Waals surface area contributed by atoms with Crippen LogP contribution in [0.3, 0.4) is 0 Å². The Kier molecular flexibility index (Phi) is 10.7. The van der Waals surface area contributed by atoms with Crippen molar-refractivity contribution in [3.63, 3.8) is 0 Å². The molecule has 2 N–H and O–H groups in total. The van der Waals surface area contributed by atoms with Gasteiger partial charge in [0.15, 0.2) is 5.96 Å². The van der Waals surface area contributed by atoms with Gasteiger partial charge in [0.2, 0.25) is 0 Å². The lowest BCUT2D eigenvalue weighted by Gasteiger charge is -2.11. The standard InChI is InChI=1S/C17H28N6S.HI/c1-4-15-12-21-16(24-15)13-22-17(18-5-2)20-8-6-7-10-23-11-9-19-14(23)3;/h9,11-12H,4-8,10,13H2,1-3H3,(H2,18,20,22);1H. The third-order valence-corrected chi connectivity index (χ3v) is 4.83. The van der Waals surface area contributed by atoms with Gasteiger partial charge in [-0.15, -0.1) is 35.3 Å². The van der Waals surface area contributed by atoms with Gasteiger partial charge in [-0.25, -0.2) is 15.0 Å². The summed E-state index contributed by atoms with van der Waals surface area (Å²) < 4.78 is 2.19. The monoisotopic (exact) mass is 476 g/mol. The fraction of sp³-hybridized carbons (Fsp3) is 0.588. The molecule has 0 aliphatic carbocycles. The molecule has 8 heteroatoms. The first-order valence-corrected chi connectivity index (χ1v) is 9.48. The summed E-state index contributed by atoms with van der Waals surface area (Å²) >= 11 is 1.74. The molecule has 2 heterocycles. The Morgan fingerprint density at radius 3 is 2.72 bits per heavy atom. The number of hydrogen-bond donors (Lipinski definition) is 2. The second-order valence-electron chi connectivity index (χ2n) is 5.57. The van der Waals surface area contributed by atoms with Crippen LogP contribution in [-0.2, 0) is 19.5 Å². The zero-order valence-electron chi connectivity index (χ0n) is 15.3.